The number of nitrogens with zero attached hydrogens (tertiary/aromatic N) is 3. The van der Waals surface area contributed by atoms with Crippen LogP contribution in [0.1, 0.15) is 16.8 Å². The molecule has 0 aliphatic heterocycles. The second-order valence-electron chi connectivity index (χ2n) is 4.69. The third-order valence-corrected chi connectivity index (χ3v) is 3.88. The maximum atomic E-state index is 12.1. The zero-order valence-corrected chi connectivity index (χ0v) is 13.6. The van der Waals surface area contributed by atoms with Crippen molar-refractivity contribution >= 4 is 27.5 Å². The minimum atomic E-state index is -0.562. The minimum absolute atomic E-state index is 0.0150. The van der Waals surface area contributed by atoms with Crippen LogP contribution >= 0.6 is 15.9 Å². The maximum Gasteiger partial charge on any atom is 0.285 e. The molecule has 0 aliphatic carbocycles. The molecule has 0 bridgehead atoms. The quantitative estimate of drug-likeness (QED) is 0.907. The summed E-state index contributed by atoms with van der Waals surface area (Å²) in [6.07, 6.45) is 0. The minimum Gasteiger partial charge on any atom is -0.323 e. The fraction of sp³-hybridized carbons (Fsp3) is 0.200. The first kappa shape index (κ1) is 15.9. The molecule has 22 heavy (non-hydrogen) atoms. The summed E-state index contributed by atoms with van der Waals surface area (Å²) in [7, 11) is 0. The molecule has 112 valence electrons. The van der Waals surface area contributed by atoms with Gasteiger partial charge >= 0.3 is 0 Å². The molecule has 1 heterocycles. The molecule has 2 rings (SSSR count). The summed E-state index contributed by atoms with van der Waals surface area (Å²) in [6, 6.07) is 9.01. The lowest BCUT2D eigenvalue weighted by Crippen LogP contribution is -2.32. The molecule has 0 radical (unpaired) electrons. The smallest absolute Gasteiger partial charge is 0.285 e. The molecule has 2 aromatic rings. The normalized spacial score (nSPS) is 10.1. The first-order valence-corrected chi connectivity index (χ1v) is 7.26. The van der Waals surface area contributed by atoms with Gasteiger partial charge in [-0.25, -0.2) is 4.68 Å². The number of benzene rings is 1. The molecule has 1 amide bonds. The fourth-order valence-electron chi connectivity index (χ4n) is 1.90. The lowest BCUT2D eigenvalue weighted by atomic mass is 10.1. The van der Waals surface area contributed by atoms with Crippen LogP contribution in [0.25, 0.3) is 0 Å². The average molecular weight is 361 g/mol. The average Bonchev–Trinajstić information content (AvgIpc) is 2.48. The first-order chi connectivity index (χ1) is 10.4. The number of halogens is 1. The van der Waals surface area contributed by atoms with E-state index >= 15 is 0 Å². The van der Waals surface area contributed by atoms with Gasteiger partial charge in [-0.2, -0.15) is 10.4 Å². The van der Waals surface area contributed by atoms with Crippen molar-refractivity contribution in [1.82, 2.24) is 9.78 Å². The van der Waals surface area contributed by atoms with Gasteiger partial charge in [-0.3, -0.25) is 9.59 Å². The van der Waals surface area contributed by atoms with Crippen molar-refractivity contribution in [3.63, 3.8) is 0 Å². The zero-order chi connectivity index (χ0) is 16.3. The summed E-state index contributed by atoms with van der Waals surface area (Å²) in [5, 5.41) is 15.8. The Morgan fingerprint density at radius 3 is 2.73 bits per heavy atom. The van der Waals surface area contributed by atoms with Crippen molar-refractivity contribution in [3.05, 3.63) is 55.9 Å². The summed E-state index contributed by atoms with van der Waals surface area (Å²) in [5.74, 6) is -0.395. The Labute approximate surface area is 135 Å². The number of nitriles is 1. The van der Waals surface area contributed by atoms with E-state index in [4.69, 9.17) is 5.26 Å². The first-order valence-electron chi connectivity index (χ1n) is 6.47. The Bertz CT molecular complexity index is 836. The fourth-order valence-corrected chi connectivity index (χ4v) is 2.28. The Morgan fingerprint density at radius 1 is 1.41 bits per heavy atom. The monoisotopic (exact) mass is 360 g/mol. The van der Waals surface area contributed by atoms with Gasteiger partial charge in [0.15, 0.2) is 0 Å². The van der Waals surface area contributed by atoms with Gasteiger partial charge in [-0.15, -0.1) is 0 Å². The third kappa shape index (κ3) is 3.23. The number of carbonyl (C=O) groups is 1. The number of aryl methyl sites for hydroxylation is 1. The maximum absolute atomic E-state index is 12.1. The van der Waals surface area contributed by atoms with Gasteiger partial charge in [0, 0.05) is 4.47 Å². The molecule has 7 heteroatoms. The molecule has 0 fully saturated rings. The van der Waals surface area contributed by atoms with Crippen LogP contribution in [0.3, 0.4) is 0 Å². The van der Waals surface area contributed by atoms with E-state index in [1.165, 1.54) is 0 Å². The van der Waals surface area contributed by atoms with E-state index < -0.39 is 11.5 Å². The molecular weight excluding hydrogens is 348 g/mol. The standard InChI is InChI=1S/C15H13BrN4O2/c1-9-10(2)19-20(15(22)11(9)7-17)8-14(21)18-13-6-4-3-5-12(13)16/h3-6H,8H2,1-2H3,(H,18,21). The topological polar surface area (TPSA) is 87.8 Å². The van der Waals surface area contributed by atoms with E-state index in [1.807, 2.05) is 12.1 Å². The van der Waals surface area contributed by atoms with Gasteiger partial charge in [-0.05, 0) is 47.5 Å². The number of hydrogen-bond acceptors (Lipinski definition) is 4. The molecular formula is C15H13BrN4O2. The SMILES string of the molecule is Cc1nn(CC(=O)Nc2ccccc2Br)c(=O)c(C#N)c1C. The van der Waals surface area contributed by atoms with Crippen LogP contribution in [0.2, 0.25) is 0 Å². The number of rotatable bonds is 3. The predicted molar refractivity (Wildman–Crippen MR) is 85.5 cm³/mol. The molecule has 0 spiro atoms. The molecule has 6 nitrogen and oxygen atoms in total. The van der Waals surface area contributed by atoms with E-state index in [0.29, 0.717) is 16.9 Å². The van der Waals surface area contributed by atoms with Crippen LogP contribution in [0, 0.1) is 25.2 Å². The van der Waals surface area contributed by atoms with Crippen molar-refractivity contribution in [2.45, 2.75) is 20.4 Å². The molecule has 0 aliphatic rings. The largest absolute Gasteiger partial charge is 0.323 e. The van der Waals surface area contributed by atoms with Crippen LogP contribution in [-0.4, -0.2) is 15.7 Å². The third-order valence-electron chi connectivity index (χ3n) is 3.19. The highest BCUT2D eigenvalue weighted by Gasteiger charge is 2.14. The summed E-state index contributed by atoms with van der Waals surface area (Å²) >= 11 is 3.33. The lowest BCUT2D eigenvalue weighted by Gasteiger charge is -2.10. The van der Waals surface area contributed by atoms with Crippen molar-refractivity contribution in [1.29, 1.82) is 5.26 Å². The van der Waals surface area contributed by atoms with Crippen LogP contribution < -0.4 is 10.9 Å². The molecule has 0 saturated heterocycles. The van der Waals surface area contributed by atoms with Crippen LogP contribution in [0.4, 0.5) is 5.69 Å². The number of nitrogens with one attached hydrogen (secondary N) is 1. The van der Waals surface area contributed by atoms with Crippen LogP contribution in [0.5, 0.6) is 0 Å². The summed E-state index contributed by atoms with van der Waals surface area (Å²) in [4.78, 5) is 24.2. The number of anilines is 1. The molecule has 1 aromatic heterocycles. The molecule has 1 aromatic carbocycles. The number of para-hydroxylation sites is 1. The van der Waals surface area contributed by atoms with Crippen LogP contribution in [0.15, 0.2) is 33.5 Å². The van der Waals surface area contributed by atoms with Gasteiger partial charge < -0.3 is 5.32 Å². The highest BCUT2D eigenvalue weighted by Crippen LogP contribution is 2.20. The predicted octanol–water partition coefficient (Wildman–Crippen LogP) is 2.13. The molecule has 0 atom stereocenters. The summed E-state index contributed by atoms with van der Waals surface area (Å²) in [5.41, 5.74) is 1.14. The summed E-state index contributed by atoms with van der Waals surface area (Å²) < 4.78 is 1.74. The van der Waals surface area contributed by atoms with Crippen molar-refractivity contribution in [2.24, 2.45) is 0 Å². The van der Waals surface area contributed by atoms with Gasteiger partial charge in [0.2, 0.25) is 5.91 Å². The van der Waals surface area contributed by atoms with Gasteiger partial charge in [0.1, 0.15) is 18.2 Å². The Hall–Kier alpha value is -2.46. The lowest BCUT2D eigenvalue weighted by molar-refractivity contribution is -0.117. The van der Waals surface area contributed by atoms with E-state index in [2.05, 4.69) is 26.3 Å². The van der Waals surface area contributed by atoms with E-state index in [0.717, 1.165) is 9.15 Å². The van der Waals surface area contributed by atoms with Gasteiger partial charge in [-0.1, -0.05) is 12.1 Å². The van der Waals surface area contributed by atoms with Crippen molar-refractivity contribution in [3.8, 4) is 6.07 Å². The van der Waals surface area contributed by atoms with Gasteiger partial charge in [0.05, 0.1) is 11.4 Å². The Balaban J connectivity index is 2.27. The second kappa shape index (κ2) is 6.54. The van der Waals surface area contributed by atoms with Gasteiger partial charge in [0.25, 0.3) is 5.56 Å². The second-order valence-corrected chi connectivity index (χ2v) is 5.54. The highest BCUT2D eigenvalue weighted by atomic mass is 79.9. The van der Waals surface area contributed by atoms with E-state index in [9.17, 15) is 9.59 Å². The Morgan fingerprint density at radius 2 is 2.09 bits per heavy atom. The van der Waals surface area contributed by atoms with E-state index in [1.54, 1.807) is 32.0 Å². The number of aromatic nitrogens is 2. The summed E-state index contributed by atoms with van der Waals surface area (Å²) in [6.45, 7) is 3.10. The zero-order valence-electron chi connectivity index (χ0n) is 12.1. The molecule has 1 N–H and O–H groups in total. The molecule has 0 saturated carbocycles. The Kier molecular flexibility index (Phi) is 4.73. The highest BCUT2D eigenvalue weighted by molar-refractivity contribution is 9.10. The van der Waals surface area contributed by atoms with Crippen LogP contribution in [-0.2, 0) is 11.3 Å². The van der Waals surface area contributed by atoms with E-state index in [-0.39, 0.29) is 12.1 Å². The number of amides is 1. The van der Waals surface area contributed by atoms with Crippen molar-refractivity contribution < 1.29 is 4.79 Å². The number of carbonyl (C=O) groups excluding carboxylic acids is 1. The van der Waals surface area contributed by atoms with Crippen molar-refractivity contribution in [2.75, 3.05) is 5.32 Å². The number of hydrogen-bond donors (Lipinski definition) is 1. The molecule has 0 unspecified atom stereocenters.